The molecule has 2 fully saturated rings. The number of aromatic nitrogens is 5. The molecule has 0 bridgehead atoms. The molecular formula is C26H35FN10O2. The van der Waals surface area contributed by atoms with E-state index in [1.807, 2.05) is 26.0 Å². The molecule has 13 heteroatoms. The van der Waals surface area contributed by atoms with Crippen LogP contribution in [-0.4, -0.2) is 68.6 Å². The summed E-state index contributed by atoms with van der Waals surface area (Å²) in [7, 11) is 1.58. The van der Waals surface area contributed by atoms with E-state index in [1.54, 1.807) is 19.4 Å². The largest absolute Gasteiger partial charge is 0.368 e. The molecule has 2 aliphatic rings. The van der Waals surface area contributed by atoms with Crippen molar-refractivity contribution in [3.8, 4) is 5.82 Å². The molecule has 3 aromatic rings. The first kappa shape index (κ1) is 26.9. The van der Waals surface area contributed by atoms with E-state index in [-0.39, 0.29) is 18.1 Å². The van der Waals surface area contributed by atoms with E-state index in [1.165, 1.54) is 10.9 Å². The minimum atomic E-state index is -0.941. The molecule has 2 saturated heterocycles. The molecule has 0 aliphatic carbocycles. The van der Waals surface area contributed by atoms with E-state index >= 15 is 0 Å². The Kier molecular flexibility index (Phi) is 7.73. The number of methoxy groups -OCH3 is 1. The molecule has 5 heterocycles. The van der Waals surface area contributed by atoms with Gasteiger partial charge in [0.05, 0.1) is 24.6 Å². The number of aryl methyl sites for hydroxylation is 1. The molecule has 0 spiro atoms. The Bertz CT molecular complexity index is 1290. The maximum Gasteiger partial charge on any atom is 0.252 e. The number of piperidine rings is 1. The fourth-order valence-corrected chi connectivity index (χ4v) is 4.99. The van der Waals surface area contributed by atoms with Gasteiger partial charge in [-0.2, -0.15) is 10.1 Å². The SMILES string of the molecule is COC1(C(=O)N[C@@H](C)c2ccc(-n3cc(F)cn3)nc2)CCN(c2cc(C)nc(NC3CC(C)NN3)n2)CC1. The summed E-state index contributed by atoms with van der Waals surface area (Å²) >= 11 is 0. The van der Waals surface area contributed by atoms with Crippen LogP contribution < -0.4 is 26.4 Å². The Labute approximate surface area is 226 Å². The third-order valence-electron chi connectivity index (χ3n) is 7.34. The number of carbonyl (C=O) groups is 1. The van der Waals surface area contributed by atoms with Crippen LogP contribution >= 0.6 is 0 Å². The number of pyridine rings is 1. The highest BCUT2D eigenvalue weighted by Gasteiger charge is 2.42. The zero-order valence-electron chi connectivity index (χ0n) is 22.6. The lowest BCUT2D eigenvalue weighted by molar-refractivity contribution is -0.146. The topological polar surface area (TPSA) is 134 Å². The monoisotopic (exact) mass is 538 g/mol. The van der Waals surface area contributed by atoms with Crippen molar-refractivity contribution in [1.29, 1.82) is 0 Å². The molecular weight excluding hydrogens is 503 g/mol. The van der Waals surface area contributed by atoms with Gasteiger partial charge in [-0.1, -0.05) is 6.07 Å². The van der Waals surface area contributed by atoms with Crippen molar-refractivity contribution < 1.29 is 13.9 Å². The maximum atomic E-state index is 13.4. The van der Waals surface area contributed by atoms with Gasteiger partial charge in [-0.3, -0.25) is 10.2 Å². The van der Waals surface area contributed by atoms with Crippen LogP contribution in [0.2, 0.25) is 0 Å². The van der Waals surface area contributed by atoms with Gasteiger partial charge in [-0.15, -0.1) is 0 Å². The second-order valence-corrected chi connectivity index (χ2v) is 10.2. The summed E-state index contributed by atoms with van der Waals surface area (Å²) in [5.74, 6) is 1.30. The fraction of sp³-hybridized carbons (Fsp3) is 0.500. The van der Waals surface area contributed by atoms with E-state index in [0.717, 1.165) is 29.7 Å². The minimum Gasteiger partial charge on any atom is -0.368 e. The van der Waals surface area contributed by atoms with Crippen LogP contribution in [0.25, 0.3) is 5.82 Å². The van der Waals surface area contributed by atoms with Gasteiger partial charge in [0, 0.05) is 57.0 Å². The van der Waals surface area contributed by atoms with Gasteiger partial charge >= 0.3 is 0 Å². The smallest absolute Gasteiger partial charge is 0.252 e. The van der Waals surface area contributed by atoms with Crippen LogP contribution in [0.15, 0.2) is 36.8 Å². The van der Waals surface area contributed by atoms with Crippen molar-refractivity contribution >= 4 is 17.7 Å². The van der Waals surface area contributed by atoms with Crippen molar-refractivity contribution in [2.45, 2.75) is 63.9 Å². The number of nitrogens with zero attached hydrogens (tertiary/aromatic N) is 6. The number of halogens is 1. The number of hydrazine groups is 1. The Morgan fingerprint density at radius 3 is 2.62 bits per heavy atom. The Hall–Kier alpha value is -3.68. The lowest BCUT2D eigenvalue weighted by Gasteiger charge is -2.40. The van der Waals surface area contributed by atoms with Crippen LogP contribution in [0.3, 0.4) is 0 Å². The number of nitrogens with one attached hydrogen (secondary N) is 4. The molecule has 3 aromatic heterocycles. The summed E-state index contributed by atoms with van der Waals surface area (Å²) < 4.78 is 20.4. The zero-order valence-corrected chi connectivity index (χ0v) is 22.6. The predicted molar refractivity (Wildman–Crippen MR) is 144 cm³/mol. The minimum absolute atomic E-state index is 0.0581. The number of carbonyl (C=O) groups excluding carboxylic acids is 1. The van der Waals surface area contributed by atoms with Crippen molar-refractivity contribution in [2.75, 3.05) is 30.4 Å². The first-order valence-corrected chi connectivity index (χ1v) is 13.2. The molecule has 12 nitrogen and oxygen atoms in total. The number of ether oxygens (including phenoxy) is 1. The fourth-order valence-electron chi connectivity index (χ4n) is 4.99. The first-order valence-electron chi connectivity index (χ1n) is 13.2. The molecule has 2 aliphatic heterocycles. The summed E-state index contributed by atoms with van der Waals surface area (Å²) in [5, 5.41) is 10.4. The number of hydrogen-bond donors (Lipinski definition) is 4. The molecule has 1 amide bonds. The molecule has 0 radical (unpaired) electrons. The van der Waals surface area contributed by atoms with E-state index < -0.39 is 11.4 Å². The highest BCUT2D eigenvalue weighted by molar-refractivity contribution is 5.86. The van der Waals surface area contributed by atoms with E-state index in [2.05, 4.69) is 48.4 Å². The average molecular weight is 539 g/mol. The summed E-state index contributed by atoms with van der Waals surface area (Å²) in [4.78, 5) is 29.2. The van der Waals surface area contributed by atoms with Gasteiger partial charge in [0.15, 0.2) is 11.6 Å². The highest BCUT2D eigenvalue weighted by Crippen LogP contribution is 2.30. The maximum absolute atomic E-state index is 13.4. The van der Waals surface area contributed by atoms with Gasteiger partial charge in [0.1, 0.15) is 11.4 Å². The Balaban J connectivity index is 1.20. The lowest BCUT2D eigenvalue weighted by Crippen LogP contribution is -2.55. The van der Waals surface area contributed by atoms with Crippen LogP contribution in [-0.2, 0) is 9.53 Å². The number of anilines is 2. The van der Waals surface area contributed by atoms with Crippen molar-refractivity contribution in [1.82, 2.24) is 40.9 Å². The van der Waals surface area contributed by atoms with Crippen molar-refractivity contribution in [2.24, 2.45) is 0 Å². The average Bonchev–Trinajstić information content (AvgIpc) is 3.55. The van der Waals surface area contributed by atoms with Crippen LogP contribution in [0, 0.1) is 12.7 Å². The van der Waals surface area contributed by atoms with Gasteiger partial charge in [-0.25, -0.2) is 24.5 Å². The summed E-state index contributed by atoms with van der Waals surface area (Å²) in [6, 6.07) is 5.62. The normalized spacial score (nSPS) is 21.5. The van der Waals surface area contributed by atoms with Crippen molar-refractivity contribution in [3.05, 3.63) is 53.9 Å². The number of rotatable bonds is 8. The summed E-state index contributed by atoms with van der Waals surface area (Å²) in [6.07, 6.45) is 6.05. The molecule has 5 rings (SSSR count). The van der Waals surface area contributed by atoms with Gasteiger partial charge in [0.25, 0.3) is 5.91 Å². The quantitative estimate of drug-likeness (QED) is 0.337. The van der Waals surface area contributed by atoms with Crippen molar-refractivity contribution in [3.63, 3.8) is 0 Å². The molecule has 208 valence electrons. The van der Waals surface area contributed by atoms with Gasteiger partial charge < -0.3 is 20.3 Å². The molecule has 39 heavy (non-hydrogen) atoms. The third-order valence-corrected chi connectivity index (χ3v) is 7.34. The van der Waals surface area contributed by atoms with Crippen LogP contribution in [0.4, 0.5) is 16.2 Å². The lowest BCUT2D eigenvalue weighted by atomic mass is 9.89. The van der Waals surface area contributed by atoms with Crippen LogP contribution in [0.1, 0.15) is 50.4 Å². The highest BCUT2D eigenvalue weighted by atomic mass is 19.1. The summed E-state index contributed by atoms with van der Waals surface area (Å²) in [5.41, 5.74) is 7.15. The van der Waals surface area contributed by atoms with E-state index in [4.69, 9.17) is 9.72 Å². The van der Waals surface area contributed by atoms with Gasteiger partial charge in [-0.05, 0) is 38.8 Å². The molecule has 2 unspecified atom stereocenters. The Morgan fingerprint density at radius 2 is 2.00 bits per heavy atom. The molecule has 0 saturated carbocycles. The zero-order chi connectivity index (χ0) is 27.6. The van der Waals surface area contributed by atoms with E-state index in [9.17, 15) is 9.18 Å². The molecule has 3 atom stereocenters. The molecule has 4 N–H and O–H groups in total. The van der Waals surface area contributed by atoms with Crippen LogP contribution in [0.5, 0.6) is 0 Å². The number of amides is 1. The predicted octanol–water partition coefficient (Wildman–Crippen LogP) is 1.99. The first-order chi connectivity index (χ1) is 18.7. The Morgan fingerprint density at radius 1 is 1.21 bits per heavy atom. The second-order valence-electron chi connectivity index (χ2n) is 10.2. The van der Waals surface area contributed by atoms with Gasteiger partial charge in [0.2, 0.25) is 5.95 Å². The summed E-state index contributed by atoms with van der Waals surface area (Å²) in [6.45, 7) is 7.19. The number of hydrogen-bond acceptors (Lipinski definition) is 10. The van der Waals surface area contributed by atoms with E-state index in [0.29, 0.717) is 43.7 Å². The molecule has 0 aromatic carbocycles. The standard InChI is InChI=1S/C26H35FN10O2/c1-16-12-23(33-25(30-16)32-21-11-17(2)34-35-21)36-9-7-26(39-4,8-10-36)24(38)31-18(3)19-5-6-22(28-13-19)37-15-20(27)14-29-37/h5-6,12-15,17-18,21,34-35H,7-11H2,1-4H3,(H,31,38)(H,30,32,33)/t17?,18-,21?/m0/s1. The third kappa shape index (κ3) is 6.00. The second kappa shape index (κ2) is 11.2.